The van der Waals surface area contributed by atoms with Crippen LogP contribution in [0.4, 0.5) is 0 Å². The van der Waals surface area contributed by atoms with Crippen LogP contribution in [0.2, 0.25) is 0 Å². The van der Waals surface area contributed by atoms with Crippen molar-refractivity contribution in [1.29, 1.82) is 0 Å². The first kappa shape index (κ1) is 10.2. The third-order valence-corrected chi connectivity index (χ3v) is 2.25. The maximum Gasteiger partial charge on any atom is 0.0581 e. The molecule has 0 saturated heterocycles. The summed E-state index contributed by atoms with van der Waals surface area (Å²) in [4.78, 5) is 0. The number of benzene rings is 1. The van der Waals surface area contributed by atoms with E-state index in [2.05, 4.69) is 0 Å². The number of rotatable bonds is 4. The Balaban J connectivity index is 2.76. The van der Waals surface area contributed by atoms with E-state index in [1.54, 1.807) is 6.92 Å². The van der Waals surface area contributed by atoms with Crippen LogP contribution in [0.1, 0.15) is 24.8 Å². The van der Waals surface area contributed by atoms with Gasteiger partial charge in [-0.2, -0.15) is 0 Å². The van der Waals surface area contributed by atoms with Gasteiger partial charge in [0.05, 0.1) is 6.10 Å². The van der Waals surface area contributed by atoms with Gasteiger partial charge >= 0.3 is 0 Å². The summed E-state index contributed by atoms with van der Waals surface area (Å²) >= 11 is 0. The average molecular weight is 180 g/mol. The monoisotopic (exact) mass is 180 g/mol. The van der Waals surface area contributed by atoms with Crippen molar-refractivity contribution in [1.82, 2.24) is 0 Å². The average Bonchev–Trinajstić information content (AvgIpc) is 2.15. The molecule has 0 spiro atoms. The lowest BCUT2D eigenvalue weighted by Gasteiger charge is -2.18. The van der Waals surface area contributed by atoms with Crippen molar-refractivity contribution in [2.24, 2.45) is 0 Å². The molecule has 0 aliphatic heterocycles. The van der Waals surface area contributed by atoms with E-state index in [-0.39, 0.29) is 12.5 Å². The van der Waals surface area contributed by atoms with Gasteiger partial charge < -0.3 is 10.2 Å². The van der Waals surface area contributed by atoms with E-state index in [0.29, 0.717) is 6.42 Å². The molecule has 2 heteroatoms. The Hall–Kier alpha value is -0.860. The number of hydrogen-bond donors (Lipinski definition) is 2. The van der Waals surface area contributed by atoms with Crippen molar-refractivity contribution in [3.05, 3.63) is 35.9 Å². The topological polar surface area (TPSA) is 40.5 Å². The van der Waals surface area contributed by atoms with Crippen LogP contribution in [-0.4, -0.2) is 22.9 Å². The molecule has 0 aromatic heterocycles. The van der Waals surface area contributed by atoms with E-state index >= 15 is 0 Å². The summed E-state index contributed by atoms with van der Waals surface area (Å²) in [6.45, 7) is 1.87. The Labute approximate surface area is 78.8 Å². The molecule has 0 amide bonds. The van der Waals surface area contributed by atoms with Crippen molar-refractivity contribution in [3.63, 3.8) is 0 Å². The summed E-state index contributed by atoms with van der Waals surface area (Å²) in [5, 5.41) is 18.3. The molecule has 1 aromatic rings. The molecule has 2 nitrogen and oxygen atoms in total. The molecular formula is C11H16O2. The highest BCUT2D eigenvalue weighted by molar-refractivity contribution is 5.20. The first-order valence-corrected chi connectivity index (χ1v) is 4.59. The van der Waals surface area contributed by atoms with Gasteiger partial charge in [0.2, 0.25) is 0 Å². The molecule has 72 valence electrons. The molecule has 2 atom stereocenters. The third kappa shape index (κ3) is 2.83. The molecule has 13 heavy (non-hydrogen) atoms. The molecule has 0 radical (unpaired) electrons. The molecule has 0 heterocycles. The molecule has 0 saturated carbocycles. The van der Waals surface area contributed by atoms with E-state index in [9.17, 15) is 5.11 Å². The fourth-order valence-electron chi connectivity index (χ4n) is 1.53. The van der Waals surface area contributed by atoms with E-state index in [1.807, 2.05) is 30.3 Å². The fraction of sp³-hybridized carbons (Fsp3) is 0.455. The van der Waals surface area contributed by atoms with Crippen LogP contribution >= 0.6 is 0 Å². The normalized spacial score (nSPS) is 15.3. The zero-order valence-electron chi connectivity index (χ0n) is 7.85. The van der Waals surface area contributed by atoms with Gasteiger partial charge in [-0.25, -0.2) is 0 Å². The summed E-state index contributed by atoms with van der Waals surface area (Å²) in [6, 6.07) is 9.80. The van der Waals surface area contributed by atoms with E-state index < -0.39 is 6.10 Å². The quantitative estimate of drug-likeness (QED) is 0.737. The van der Waals surface area contributed by atoms with Gasteiger partial charge in [0.1, 0.15) is 0 Å². The van der Waals surface area contributed by atoms with Gasteiger partial charge in [-0.1, -0.05) is 30.3 Å². The molecule has 0 bridgehead atoms. The summed E-state index contributed by atoms with van der Waals surface area (Å²) in [5.41, 5.74) is 1.09. The van der Waals surface area contributed by atoms with Gasteiger partial charge in [0.25, 0.3) is 0 Å². The third-order valence-electron chi connectivity index (χ3n) is 2.25. The SMILES string of the molecule is CC(O)C(CCO)c1ccccc1. The fourth-order valence-corrected chi connectivity index (χ4v) is 1.53. The minimum absolute atomic E-state index is 0.0474. The Morgan fingerprint density at radius 1 is 1.23 bits per heavy atom. The zero-order chi connectivity index (χ0) is 9.68. The largest absolute Gasteiger partial charge is 0.396 e. The highest BCUT2D eigenvalue weighted by Gasteiger charge is 2.15. The molecular weight excluding hydrogens is 164 g/mol. The maximum absolute atomic E-state index is 9.49. The van der Waals surface area contributed by atoms with Crippen LogP contribution < -0.4 is 0 Å². The van der Waals surface area contributed by atoms with E-state index in [1.165, 1.54) is 0 Å². The molecule has 1 rings (SSSR count). The highest BCUT2D eigenvalue weighted by Crippen LogP contribution is 2.22. The molecule has 0 aliphatic carbocycles. The van der Waals surface area contributed by atoms with Crippen molar-refractivity contribution in [3.8, 4) is 0 Å². The minimum Gasteiger partial charge on any atom is -0.396 e. The lowest BCUT2D eigenvalue weighted by molar-refractivity contribution is 0.142. The number of hydrogen-bond acceptors (Lipinski definition) is 2. The molecule has 0 fully saturated rings. The van der Waals surface area contributed by atoms with Crippen LogP contribution in [0.3, 0.4) is 0 Å². The van der Waals surface area contributed by atoms with Crippen LogP contribution in [0.25, 0.3) is 0 Å². The van der Waals surface area contributed by atoms with Gasteiger partial charge in [0.15, 0.2) is 0 Å². The predicted molar refractivity (Wildman–Crippen MR) is 52.6 cm³/mol. The summed E-state index contributed by atoms with van der Waals surface area (Å²) in [5.74, 6) is 0.0474. The van der Waals surface area contributed by atoms with Crippen molar-refractivity contribution in [2.45, 2.75) is 25.4 Å². The Kier molecular flexibility index (Phi) is 3.93. The molecule has 0 aliphatic rings. The number of aliphatic hydroxyl groups is 2. The second-order valence-electron chi connectivity index (χ2n) is 3.27. The summed E-state index contributed by atoms with van der Waals surface area (Å²) in [7, 11) is 0. The number of aliphatic hydroxyl groups excluding tert-OH is 2. The molecule has 2 N–H and O–H groups in total. The van der Waals surface area contributed by atoms with Crippen molar-refractivity contribution in [2.75, 3.05) is 6.61 Å². The second kappa shape index (κ2) is 5.00. The lowest BCUT2D eigenvalue weighted by Crippen LogP contribution is -2.15. The van der Waals surface area contributed by atoms with Gasteiger partial charge in [-0.05, 0) is 18.9 Å². The lowest BCUT2D eigenvalue weighted by atomic mass is 9.91. The van der Waals surface area contributed by atoms with Crippen LogP contribution in [0, 0.1) is 0 Å². The Morgan fingerprint density at radius 3 is 2.31 bits per heavy atom. The smallest absolute Gasteiger partial charge is 0.0581 e. The minimum atomic E-state index is -0.408. The van der Waals surface area contributed by atoms with E-state index in [0.717, 1.165) is 5.56 Å². The van der Waals surface area contributed by atoms with Crippen molar-refractivity contribution < 1.29 is 10.2 Å². The molecule has 2 unspecified atom stereocenters. The first-order chi connectivity index (χ1) is 6.25. The van der Waals surface area contributed by atoms with Gasteiger partial charge in [0, 0.05) is 12.5 Å². The van der Waals surface area contributed by atoms with Gasteiger partial charge in [-0.15, -0.1) is 0 Å². The summed E-state index contributed by atoms with van der Waals surface area (Å²) < 4.78 is 0. The molecule has 1 aromatic carbocycles. The van der Waals surface area contributed by atoms with Crippen LogP contribution in [0.15, 0.2) is 30.3 Å². The van der Waals surface area contributed by atoms with Gasteiger partial charge in [-0.3, -0.25) is 0 Å². The standard InChI is InChI=1S/C11H16O2/c1-9(13)11(7-8-12)10-5-3-2-4-6-10/h2-6,9,11-13H,7-8H2,1H3. The highest BCUT2D eigenvalue weighted by atomic mass is 16.3. The zero-order valence-corrected chi connectivity index (χ0v) is 7.85. The second-order valence-corrected chi connectivity index (χ2v) is 3.27. The maximum atomic E-state index is 9.49. The van der Waals surface area contributed by atoms with Crippen LogP contribution in [0.5, 0.6) is 0 Å². The van der Waals surface area contributed by atoms with Crippen molar-refractivity contribution >= 4 is 0 Å². The Morgan fingerprint density at radius 2 is 1.85 bits per heavy atom. The summed E-state index contributed by atoms with van der Waals surface area (Å²) in [6.07, 6.45) is 0.205. The van der Waals surface area contributed by atoms with E-state index in [4.69, 9.17) is 5.11 Å². The Bertz CT molecular complexity index is 231. The first-order valence-electron chi connectivity index (χ1n) is 4.59. The predicted octanol–water partition coefficient (Wildman–Crippen LogP) is 1.53. The van der Waals surface area contributed by atoms with Crippen LogP contribution in [-0.2, 0) is 0 Å².